The topological polar surface area (TPSA) is 85.9 Å². The van der Waals surface area contributed by atoms with Gasteiger partial charge in [0, 0.05) is 5.75 Å². The largest absolute Gasteiger partial charge is 0.379 e. The fraction of sp³-hybridized carbons (Fsp3) is 0.667. The summed E-state index contributed by atoms with van der Waals surface area (Å²) in [6, 6.07) is 2.00. The average molecular weight is 186 g/mol. The molecule has 0 radical (unpaired) electrons. The molecule has 2 unspecified atom stereocenters. The molecule has 66 valence electrons. The van der Waals surface area contributed by atoms with Crippen LogP contribution in [-0.2, 0) is 4.84 Å². The van der Waals surface area contributed by atoms with Crippen molar-refractivity contribution in [3.63, 3.8) is 0 Å². The van der Waals surface area contributed by atoms with Gasteiger partial charge in [-0.2, -0.15) is 10.3 Å². The summed E-state index contributed by atoms with van der Waals surface area (Å²) in [5.41, 5.74) is 5.10. The first-order valence-corrected chi connectivity index (χ1v) is 4.48. The molecular weight excluding hydrogens is 176 g/mol. The van der Waals surface area contributed by atoms with Crippen molar-refractivity contribution in [2.75, 3.05) is 18.9 Å². The summed E-state index contributed by atoms with van der Waals surface area (Å²) < 4.78 is 0. The van der Waals surface area contributed by atoms with Crippen molar-refractivity contribution >= 4 is 16.9 Å². The van der Waals surface area contributed by atoms with Crippen molar-refractivity contribution < 1.29 is 4.84 Å². The van der Waals surface area contributed by atoms with E-state index in [9.17, 15) is 0 Å². The van der Waals surface area contributed by atoms with Gasteiger partial charge in [0.15, 0.2) is 5.17 Å². The maximum absolute atomic E-state index is 8.39. The first kappa shape index (κ1) is 9.32. The number of nitrogens with zero attached hydrogens (tertiary/aromatic N) is 2. The Labute approximate surface area is 74.9 Å². The van der Waals surface area contributed by atoms with Crippen molar-refractivity contribution in [1.82, 2.24) is 5.06 Å². The second-order valence-electron chi connectivity index (χ2n) is 2.29. The van der Waals surface area contributed by atoms with Gasteiger partial charge in [-0.1, -0.05) is 11.8 Å². The smallest absolute Gasteiger partial charge is 0.151 e. The van der Waals surface area contributed by atoms with E-state index in [1.807, 2.05) is 0 Å². The Balaban J connectivity index is 1.92. The molecule has 0 aromatic heterocycles. The van der Waals surface area contributed by atoms with Crippen molar-refractivity contribution in [2.45, 2.75) is 6.04 Å². The molecule has 2 atom stereocenters. The number of nitrogens with two attached hydrogens (primary N) is 1. The van der Waals surface area contributed by atoms with Crippen LogP contribution in [0.3, 0.4) is 0 Å². The minimum Gasteiger partial charge on any atom is -0.379 e. The Morgan fingerprint density at radius 2 is 2.67 bits per heavy atom. The van der Waals surface area contributed by atoms with Gasteiger partial charge in [0.25, 0.3) is 0 Å². The highest BCUT2D eigenvalue weighted by Gasteiger charge is 2.35. The van der Waals surface area contributed by atoms with Crippen LogP contribution in [0.4, 0.5) is 0 Å². The van der Waals surface area contributed by atoms with Gasteiger partial charge in [0.1, 0.15) is 6.04 Å². The van der Waals surface area contributed by atoms with Crippen LogP contribution in [0, 0.1) is 16.7 Å². The van der Waals surface area contributed by atoms with Gasteiger partial charge in [0.05, 0.1) is 19.2 Å². The number of hydroxylamine groups is 2. The van der Waals surface area contributed by atoms with E-state index in [0.717, 1.165) is 0 Å². The minimum absolute atomic E-state index is 0.0627. The average Bonchev–Trinajstić information content (AvgIpc) is 2.76. The molecule has 12 heavy (non-hydrogen) atoms. The van der Waals surface area contributed by atoms with Gasteiger partial charge in [-0.3, -0.25) is 10.2 Å². The third-order valence-electron chi connectivity index (χ3n) is 1.31. The van der Waals surface area contributed by atoms with E-state index in [2.05, 4.69) is 6.07 Å². The van der Waals surface area contributed by atoms with Crippen molar-refractivity contribution in [3.05, 3.63) is 0 Å². The van der Waals surface area contributed by atoms with Crippen molar-refractivity contribution in [1.29, 1.82) is 10.7 Å². The third kappa shape index (κ3) is 3.09. The van der Waals surface area contributed by atoms with Gasteiger partial charge >= 0.3 is 0 Å². The highest BCUT2D eigenvalue weighted by Crippen LogP contribution is 2.16. The van der Waals surface area contributed by atoms with Crippen LogP contribution >= 0.6 is 11.8 Å². The molecule has 1 fully saturated rings. The summed E-state index contributed by atoms with van der Waals surface area (Å²) in [7, 11) is 0. The Morgan fingerprint density at radius 3 is 3.17 bits per heavy atom. The molecule has 0 aromatic rings. The molecule has 6 heteroatoms. The lowest BCUT2D eigenvalue weighted by Crippen LogP contribution is -2.10. The molecule has 1 saturated heterocycles. The summed E-state index contributed by atoms with van der Waals surface area (Å²) in [4.78, 5) is 5.14. The van der Waals surface area contributed by atoms with Gasteiger partial charge in [0.2, 0.25) is 0 Å². The van der Waals surface area contributed by atoms with E-state index in [1.54, 1.807) is 5.06 Å². The van der Waals surface area contributed by atoms with E-state index >= 15 is 0 Å². The van der Waals surface area contributed by atoms with E-state index in [-0.39, 0.29) is 11.2 Å². The number of thioether (sulfide) groups is 1. The van der Waals surface area contributed by atoms with Gasteiger partial charge in [-0.15, -0.1) is 0 Å². The summed E-state index contributed by atoms with van der Waals surface area (Å²) in [5.74, 6) is 0.657. The number of hydrogen-bond donors (Lipinski definition) is 2. The molecule has 1 heterocycles. The minimum atomic E-state index is -0.0627. The normalized spacial score (nSPS) is 26.2. The third-order valence-corrected chi connectivity index (χ3v) is 2.00. The Kier molecular flexibility index (Phi) is 3.34. The van der Waals surface area contributed by atoms with Gasteiger partial charge < -0.3 is 5.73 Å². The number of amidine groups is 1. The molecule has 5 nitrogen and oxygen atoms in total. The lowest BCUT2D eigenvalue weighted by Gasteiger charge is -2.01. The molecule has 0 aliphatic carbocycles. The molecule has 1 aliphatic rings. The summed E-state index contributed by atoms with van der Waals surface area (Å²) in [5, 5.41) is 17.0. The highest BCUT2D eigenvalue weighted by atomic mass is 32.2. The second-order valence-corrected chi connectivity index (χ2v) is 3.43. The molecule has 1 rings (SSSR count). The van der Waals surface area contributed by atoms with Crippen LogP contribution in [0.25, 0.3) is 0 Å². The molecule has 0 amide bonds. The highest BCUT2D eigenvalue weighted by molar-refractivity contribution is 8.13. The summed E-state index contributed by atoms with van der Waals surface area (Å²) in [6.45, 7) is 1.20. The quantitative estimate of drug-likeness (QED) is 0.274. The number of nitrogens with one attached hydrogen (secondary N) is 1. The van der Waals surface area contributed by atoms with E-state index in [0.29, 0.717) is 18.9 Å². The van der Waals surface area contributed by atoms with Gasteiger partial charge in [-0.25, -0.2) is 0 Å². The summed E-state index contributed by atoms with van der Waals surface area (Å²) >= 11 is 1.24. The zero-order chi connectivity index (χ0) is 8.97. The number of nitriles is 1. The van der Waals surface area contributed by atoms with Crippen LogP contribution in [0.2, 0.25) is 0 Å². The number of hydrogen-bond acceptors (Lipinski definition) is 5. The van der Waals surface area contributed by atoms with Gasteiger partial charge in [-0.05, 0) is 0 Å². The van der Waals surface area contributed by atoms with Crippen LogP contribution < -0.4 is 5.73 Å². The van der Waals surface area contributed by atoms with Crippen LogP contribution in [0.15, 0.2) is 0 Å². The first-order chi connectivity index (χ1) is 5.74. The molecule has 1 aliphatic heterocycles. The Bertz CT molecular complexity index is 214. The predicted molar refractivity (Wildman–Crippen MR) is 46.4 cm³/mol. The fourth-order valence-corrected chi connectivity index (χ4v) is 1.06. The molecule has 3 N–H and O–H groups in total. The van der Waals surface area contributed by atoms with Crippen molar-refractivity contribution in [3.8, 4) is 6.07 Å². The van der Waals surface area contributed by atoms with Crippen molar-refractivity contribution in [2.24, 2.45) is 5.73 Å². The number of rotatable bonds is 4. The standard InChI is InChI=1S/C6H10N4OS/c7-3-5-4-10(5)11-1-2-12-6(8)9/h5H,1-2,4H2,(H3,8,9). The molecule has 0 bridgehead atoms. The monoisotopic (exact) mass is 186 g/mol. The molecule has 0 spiro atoms. The first-order valence-electron chi connectivity index (χ1n) is 3.50. The SMILES string of the molecule is N#CC1CN1OCCSC(=N)N. The summed E-state index contributed by atoms with van der Waals surface area (Å²) in [6.07, 6.45) is 0. The second kappa shape index (κ2) is 4.30. The maximum atomic E-state index is 8.39. The lowest BCUT2D eigenvalue weighted by atomic mass is 10.6. The van der Waals surface area contributed by atoms with Crippen LogP contribution in [-0.4, -0.2) is 35.2 Å². The maximum Gasteiger partial charge on any atom is 0.151 e. The predicted octanol–water partition coefficient (Wildman–Crippen LogP) is -0.248. The van der Waals surface area contributed by atoms with Crippen LogP contribution in [0.1, 0.15) is 0 Å². The molecule has 0 aromatic carbocycles. The zero-order valence-corrected chi connectivity index (χ0v) is 7.30. The Morgan fingerprint density at radius 1 is 1.92 bits per heavy atom. The molecule has 0 saturated carbocycles. The zero-order valence-electron chi connectivity index (χ0n) is 6.49. The Hall–Kier alpha value is -0.770. The van der Waals surface area contributed by atoms with E-state index in [1.165, 1.54) is 11.8 Å². The fourth-order valence-electron chi connectivity index (χ4n) is 0.677. The molecular formula is C6H10N4OS. The van der Waals surface area contributed by atoms with E-state index in [4.69, 9.17) is 21.2 Å². The van der Waals surface area contributed by atoms with Crippen LogP contribution in [0.5, 0.6) is 0 Å². The van der Waals surface area contributed by atoms with E-state index < -0.39 is 0 Å². The lowest BCUT2D eigenvalue weighted by molar-refractivity contribution is -0.0618.